The van der Waals surface area contributed by atoms with Gasteiger partial charge >= 0.3 is 6.18 Å². The molecule has 0 radical (unpaired) electrons. The van der Waals surface area contributed by atoms with Gasteiger partial charge in [0.2, 0.25) is 5.60 Å². The molecule has 1 N–H and O–H groups in total. The molecule has 0 bridgehead atoms. The lowest BCUT2D eigenvalue weighted by Crippen LogP contribution is -2.55. The van der Waals surface area contributed by atoms with Crippen molar-refractivity contribution in [2.75, 3.05) is 0 Å². The largest absolute Gasteiger partial charge is 0.424 e. The van der Waals surface area contributed by atoms with E-state index in [4.69, 9.17) is 0 Å². The third-order valence-corrected chi connectivity index (χ3v) is 2.29. The fraction of sp³-hybridized carbons (Fsp3) is 0.875. The number of carbonyl (C=O) groups excluding carboxylic acids is 1. The molecule has 0 spiro atoms. The van der Waals surface area contributed by atoms with Gasteiger partial charge in [-0.15, -0.1) is 0 Å². The zero-order chi connectivity index (χ0) is 10.9. The summed E-state index contributed by atoms with van der Waals surface area (Å²) < 4.78 is 37.0. The first-order chi connectivity index (χ1) is 5.67. The molecule has 0 heterocycles. The van der Waals surface area contributed by atoms with Gasteiger partial charge < -0.3 is 5.11 Å². The smallest absolute Gasteiger partial charge is 0.374 e. The number of halogens is 3. The molecule has 1 unspecified atom stereocenters. The zero-order valence-electron chi connectivity index (χ0n) is 7.77. The van der Waals surface area contributed by atoms with Crippen LogP contribution < -0.4 is 0 Å². The lowest BCUT2D eigenvalue weighted by Gasteiger charge is -2.32. The molecular weight excluding hydrogens is 185 g/mol. The molecule has 2 nitrogen and oxygen atoms in total. The minimum atomic E-state index is -4.89. The van der Waals surface area contributed by atoms with Crippen molar-refractivity contribution in [2.45, 2.75) is 39.0 Å². The van der Waals surface area contributed by atoms with Crippen LogP contribution >= 0.6 is 0 Å². The van der Waals surface area contributed by atoms with Crippen molar-refractivity contribution in [3.05, 3.63) is 0 Å². The fourth-order valence-electron chi connectivity index (χ4n) is 1.12. The highest BCUT2D eigenvalue weighted by atomic mass is 19.4. The average Bonchev–Trinajstić information content (AvgIpc) is 1.98. The Kier molecular flexibility index (Phi) is 3.49. The molecule has 2 atom stereocenters. The lowest BCUT2D eigenvalue weighted by atomic mass is 9.83. The van der Waals surface area contributed by atoms with E-state index < -0.39 is 23.5 Å². The summed E-state index contributed by atoms with van der Waals surface area (Å²) in [5.41, 5.74) is -3.19. The quantitative estimate of drug-likeness (QED) is 0.752. The Bertz CT molecular complexity index is 200. The number of rotatable bonds is 3. The maximum atomic E-state index is 12.3. The Morgan fingerprint density at radius 2 is 1.85 bits per heavy atom. The van der Waals surface area contributed by atoms with Gasteiger partial charge in [0.05, 0.1) is 0 Å². The van der Waals surface area contributed by atoms with Crippen LogP contribution in [0.3, 0.4) is 0 Å². The summed E-state index contributed by atoms with van der Waals surface area (Å²) in [6.45, 7) is 3.44. The van der Waals surface area contributed by atoms with Crippen LogP contribution in [0.5, 0.6) is 0 Å². The van der Waals surface area contributed by atoms with Crippen LogP contribution in [0, 0.1) is 5.92 Å². The molecule has 0 fully saturated rings. The molecule has 0 aromatic heterocycles. The summed E-state index contributed by atoms with van der Waals surface area (Å²) in [4.78, 5) is 10.7. The van der Waals surface area contributed by atoms with Gasteiger partial charge in [-0.1, -0.05) is 20.3 Å². The van der Waals surface area contributed by atoms with Crippen LogP contribution in [0.4, 0.5) is 13.2 Å². The molecule has 0 aromatic carbocycles. The molecule has 0 rings (SSSR count). The lowest BCUT2D eigenvalue weighted by molar-refractivity contribution is -0.264. The average molecular weight is 198 g/mol. The van der Waals surface area contributed by atoms with E-state index in [1.54, 1.807) is 0 Å². The Balaban J connectivity index is 5.08. The van der Waals surface area contributed by atoms with Gasteiger partial charge in [0.25, 0.3) is 0 Å². The molecule has 0 saturated carbocycles. The second kappa shape index (κ2) is 3.65. The van der Waals surface area contributed by atoms with Crippen molar-refractivity contribution < 1.29 is 23.1 Å². The summed E-state index contributed by atoms with van der Waals surface area (Å²) in [6.07, 6.45) is -4.80. The van der Waals surface area contributed by atoms with E-state index in [9.17, 15) is 23.1 Å². The molecule has 78 valence electrons. The van der Waals surface area contributed by atoms with Crippen LogP contribution in [0.1, 0.15) is 27.2 Å². The van der Waals surface area contributed by atoms with Gasteiger partial charge in [-0.3, -0.25) is 4.79 Å². The van der Waals surface area contributed by atoms with Gasteiger partial charge in [-0.05, 0) is 6.92 Å². The van der Waals surface area contributed by atoms with Crippen LogP contribution in [-0.2, 0) is 4.79 Å². The highest BCUT2D eigenvalue weighted by Gasteiger charge is 2.60. The first-order valence-electron chi connectivity index (χ1n) is 3.98. The van der Waals surface area contributed by atoms with E-state index in [2.05, 4.69) is 0 Å². The van der Waals surface area contributed by atoms with E-state index in [0.717, 1.165) is 6.92 Å². The summed E-state index contributed by atoms with van der Waals surface area (Å²) in [6, 6.07) is 0. The molecule has 0 saturated heterocycles. The number of hydrogen-bond donors (Lipinski definition) is 1. The van der Waals surface area contributed by atoms with Crippen molar-refractivity contribution in [3.8, 4) is 0 Å². The number of alkyl halides is 3. The third kappa shape index (κ3) is 2.02. The normalized spacial score (nSPS) is 19.3. The van der Waals surface area contributed by atoms with Gasteiger partial charge in [0.1, 0.15) is 0 Å². The monoisotopic (exact) mass is 198 g/mol. The molecule has 13 heavy (non-hydrogen) atoms. The van der Waals surface area contributed by atoms with Crippen LogP contribution in [0.15, 0.2) is 0 Å². The number of carbonyl (C=O) groups is 1. The number of Topliss-reactive ketones (excluding diaryl/α,β-unsaturated/α-hetero) is 1. The predicted molar refractivity (Wildman–Crippen MR) is 41.1 cm³/mol. The highest BCUT2D eigenvalue weighted by Crippen LogP contribution is 2.38. The molecule has 0 amide bonds. The standard InChI is InChI=1S/C8H13F3O2/c1-4-5(2)7(13,6(3)12)8(9,10)11/h5,13H,4H2,1-3H3/t5?,7-/m1/s1. The second-order valence-electron chi connectivity index (χ2n) is 3.13. The van der Waals surface area contributed by atoms with Crippen molar-refractivity contribution >= 4 is 5.78 Å². The topological polar surface area (TPSA) is 37.3 Å². The Morgan fingerprint density at radius 3 is 1.92 bits per heavy atom. The SMILES string of the molecule is CCC(C)[C@@](O)(C(C)=O)C(F)(F)F. The Hall–Kier alpha value is -0.580. The van der Waals surface area contributed by atoms with Crippen molar-refractivity contribution in [1.82, 2.24) is 0 Å². The second-order valence-corrected chi connectivity index (χ2v) is 3.13. The van der Waals surface area contributed by atoms with Gasteiger partial charge in [-0.2, -0.15) is 13.2 Å². The van der Waals surface area contributed by atoms with E-state index in [1.165, 1.54) is 13.8 Å². The van der Waals surface area contributed by atoms with Gasteiger partial charge in [0.15, 0.2) is 5.78 Å². The summed E-state index contributed by atoms with van der Waals surface area (Å²) in [5, 5.41) is 9.22. The van der Waals surface area contributed by atoms with E-state index in [1.807, 2.05) is 0 Å². The summed E-state index contributed by atoms with van der Waals surface area (Å²) in [7, 11) is 0. The van der Waals surface area contributed by atoms with Crippen molar-refractivity contribution in [3.63, 3.8) is 0 Å². The number of aliphatic hydroxyl groups is 1. The number of ketones is 1. The first kappa shape index (κ1) is 12.4. The Morgan fingerprint density at radius 1 is 1.46 bits per heavy atom. The molecule has 0 aliphatic heterocycles. The third-order valence-electron chi connectivity index (χ3n) is 2.29. The molecule has 0 aliphatic carbocycles. The van der Waals surface area contributed by atoms with E-state index in [-0.39, 0.29) is 6.42 Å². The highest BCUT2D eigenvalue weighted by molar-refractivity contribution is 5.86. The molecule has 5 heteroatoms. The number of hydrogen-bond acceptors (Lipinski definition) is 2. The minimum absolute atomic E-state index is 0.0928. The van der Waals surface area contributed by atoms with Gasteiger partial charge in [0, 0.05) is 5.92 Å². The van der Waals surface area contributed by atoms with Crippen molar-refractivity contribution in [1.29, 1.82) is 0 Å². The van der Waals surface area contributed by atoms with Crippen LogP contribution in [-0.4, -0.2) is 22.7 Å². The molecule has 0 aliphatic rings. The fourth-order valence-corrected chi connectivity index (χ4v) is 1.12. The molecule has 0 aromatic rings. The van der Waals surface area contributed by atoms with Crippen molar-refractivity contribution in [2.24, 2.45) is 5.92 Å². The van der Waals surface area contributed by atoms with Gasteiger partial charge in [-0.25, -0.2) is 0 Å². The maximum Gasteiger partial charge on any atom is 0.424 e. The zero-order valence-corrected chi connectivity index (χ0v) is 7.77. The maximum absolute atomic E-state index is 12.3. The summed E-state index contributed by atoms with van der Waals surface area (Å²) in [5.74, 6) is -2.38. The van der Waals surface area contributed by atoms with E-state index >= 15 is 0 Å². The summed E-state index contributed by atoms with van der Waals surface area (Å²) >= 11 is 0. The van der Waals surface area contributed by atoms with E-state index in [0.29, 0.717) is 0 Å². The first-order valence-corrected chi connectivity index (χ1v) is 3.98. The van der Waals surface area contributed by atoms with Crippen LogP contribution in [0.2, 0.25) is 0 Å². The predicted octanol–water partition coefficient (Wildman–Crippen LogP) is 1.91. The Labute approximate surface area is 74.7 Å². The molecular formula is C8H13F3O2. The van der Waals surface area contributed by atoms with Crippen LogP contribution in [0.25, 0.3) is 0 Å². The minimum Gasteiger partial charge on any atom is -0.374 e.